The highest BCUT2D eigenvalue weighted by Gasteiger charge is 2.37. The van der Waals surface area contributed by atoms with E-state index in [1.54, 1.807) is 0 Å². The molecule has 1 heterocycles. The van der Waals surface area contributed by atoms with Gasteiger partial charge in [0.05, 0.1) is 15.6 Å². The van der Waals surface area contributed by atoms with Crippen molar-refractivity contribution in [3.63, 3.8) is 0 Å². The van der Waals surface area contributed by atoms with Crippen LogP contribution in [0.15, 0.2) is 10.5 Å². The fourth-order valence-corrected chi connectivity index (χ4v) is 3.20. The maximum absolute atomic E-state index is 13.8. The van der Waals surface area contributed by atoms with Gasteiger partial charge in [-0.2, -0.15) is 0 Å². The summed E-state index contributed by atoms with van der Waals surface area (Å²) >= 11 is 3.03. The first-order valence-corrected chi connectivity index (χ1v) is 6.72. The number of carboxylic acid groups (broad SMARTS) is 1. The van der Waals surface area contributed by atoms with Gasteiger partial charge in [-0.1, -0.05) is 0 Å². The van der Waals surface area contributed by atoms with E-state index in [9.17, 15) is 18.0 Å². The summed E-state index contributed by atoms with van der Waals surface area (Å²) in [6.45, 7) is 0. The molecule has 0 aliphatic heterocycles. The highest BCUT2D eigenvalue weighted by molar-refractivity contribution is 9.10. The highest BCUT2D eigenvalue weighted by atomic mass is 79.9. The van der Waals surface area contributed by atoms with Crippen molar-refractivity contribution in [2.24, 2.45) is 0 Å². The van der Waals surface area contributed by atoms with Crippen molar-refractivity contribution in [2.75, 3.05) is 0 Å². The highest BCUT2D eigenvalue weighted by Crippen LogP contribution is 2.41. The lowest BCUT2D eigenvalue weighted by molar-refractivity contribution is -0.0121. The smallest absolute Gasteiger partial charge is 0.337 e. The van der Waals surface area contributed by atoms with Crippen molar-refractivity contribution in [1.82, 2.24) is 4.98 Å². The molecule has 2 N–H and O–H groups in total. The average molecular weight is 348 g/mol. The molecule has 2 aromatic rings. The lowest BCUT2D eigenvalue weighted by atomic mass is 9.92. The second-order valence-corrected chi connectivity index (χ2v) is 5.68. The van der Waals surface area contributed by atoms with Gasteiger partial charge in [-0.15, -0.1) is 0 Å². The number of rotatable bonds is 1. The SMILES string of the molecule is O=C(O)c1cc(F)c(Br)c2c3c([nH]c12)CCC(F)(F)C3. The minimum Gasteiger partial charge on any atom is -0.478 e. The van der Waals surface area contributed by atoms with Gasteiger partial charge in [0, 0.05) is 23.9 Å². The zero-order valence-electron chi connectivity index (χ0n) is 10.1. The Balaban J connectivity index is 2.37. The number of aromatic nitrogens is 1. The molecule has 3 nitrogen and oxygen atoms in total. The summed E-state index contributed by atoms with van der Waals surface area (Å²) in [4.78, 5) is 14.0. The van der Waals surface area contributed by atoms with Crippen LogP contribution in [0.1, 0.15) is 28.0 Å². The Morgan fingerprint density at radius 3 is 2.80 bits per heavy atom. The molecule has 3 rings (SSSR count). The summed E-state index contributed by atoms with van der Waals surface area (Å²) in [6.07, 6.45) is -0.692. The quantitative estimate of drug-likeness (QED) is 0.822. The molecule has 0 saturated heterocycles. The van der Waals surface area contributed by atoms with E-state index >= 15 is 0 Å². The number of benzene rings is 1. The standard InChI is InChI=1S/C13H9BrF3NO2/c14-10-7(15)3-5(12(19)20)11-9(10)6-4-13(16,17)2-1-8(6)18-11/h3,18H,1-2,4H2,(H,19,20). The Labute approximate surface area is 119 Å². The topological polar surface area (TPSA) is 53.1 Å². The zero-order valence-corrected chi connectivity index (χ0v) is 11.7. The predicted molar refractivity (Wildman–Crippen MR) is 69.9 cm³/mol. The lowest BCUT2D eigenvalue weighted by Gasteiger charge is -2.22. The summed E-state index contributed by atoms with van der Waals surface area (Å²) < 4.78 is 40.9. The van der Waals surface area contributed by atoms with E-state index < -0.39 is 24.1 Å². The Hall–Kier alpha value is -1.50. The molecule has 20 heavy (non-hydrogen) atoms. The van der Waals surface area contributed by atoms with Crippen molar-refractivity contribution >= 4 is 32.8 Å². The molecule has 0 fully saturated rings. The van der Waals surface area contributed by atoms with Gasteiger partial charge in [0.2, 0.25) is 0 Å². The van der Waals surface area contributed by atoms with Gasteiger partial charge in [-0.25, -0.2) is 18.0 Å². The second-order valence-electron chi connectivity index (χ2n) is 4.89. The van der Waals surface area contributed by atoms with Crippen LogP contribution >= 0.6 is 15.9 Å². The van der Waals surface area contributed by atoms with Crippen molar-refractivity contribution in [2.45, 2.75) is 25.2 Å². The Morgan fingerprint density at radius 2 is 2.15 bits per heavy atom. The third kappa shape index (κ3) is 1.91. The molecular formula is C13H9BrF3NO2. The number of nitrogens with one attached hydrogen (secondary N) is 1. The maximum Gasteiger partial charge on any atom is 0.337 e. The number of halogens is 4. The molecule has 1 aromatic carbocycles. The van der Waals surface area contributed by atoms with E-state index in [2.05, 4.69) is 20.9 Å². The van der Waals surface area contributed by atoms with Crippen LogP contribution in [0.3, 0.4) is 0 Å². The summed E-state index contributed by atoms with van der Waals surface area (Å²) in [5, 5.41) is 9.32. The number of carbonyl (C=O) groups is 1. The fourth-order valence-electron chi connectivity index (χ4n) is 2.65. The first-order chi connectivity index (χ1) is 9.30. The first-order valence-electron chi connectivity index (χ1n) is 5.93. The number of hydrogen-bond donors (Lipinski definition) is 2. The van der Waals surface area contributed by atoms with Crippen LogP contribution in [0.2, 0.25) is 0 Å². The van der Waals surface area contributed by atoms with Gasteiger partial charge in [-0.3, -0.25) is 0 Å². The average Bonchev–Trinajstić information content (AvgIpc) is 2.70. The minimum atomic E-state index is -2.85. The molecule has 106 valence electrons. The number of aromatic carboxylic acids is 1. The van der Waals surface area contributed by atoms with Crippen LogP contribution in [-0.2, 0) is 12.8 Å². The Bertz CT molecular complexity index is 739. The first kappa shape index (κ1) is 13.5. The molecule has 0 spiro atoms. The van der Waals surface area contributed by atoms with Gasteiger partial charge in [-0.05, 0) is 34.0 Å². The Morgan fingerprint density at radius 1 is 1.45 bits per heavy atom. The molecule has 7 heteroatoms. The van der Waals surface area contributed by atoms with Gasteiger partial charge in [0.15, 0.2) is 0 Å². The zero-order chi connectivity index (χ0) is 14.7. The number of H-pyrrole nitrogens is 1. The monoisotopic (exact) mass is 347 g/mol. The molecule has 0 radical (unpaired) electrons. The fraction of sp³-hybridized carbons (Fsp3) is 0.308. The molecule has 0 bridgehead atoms. The van der Waals surface area contributed by atoms with Crippen LogP contribution in [0.4, 0.5) is 13.2 Å². The van der Waals surface area contributed by atoms with Crippen molar-refractivity contribution in [3.05, 3.63) is 33.2 Å². The third-order valence-electron chi connectivity index (χ3n) is 3.57. The summed E-state index contributed by atoms with van der Waals surface area (Å²) in [6, 6.07) is 0.884. The number of alkyl halides is 2. The van der Waals surface area contributed by atoms with Gasteiger partial charge in [0.25, 0.3) is 5.92 Å². The van der Waals surface area contributed by atoms with E-state index in [-0.39, 0.29) is 33.8 Å². The summed E-state index contributed by atoms with van der Waals surface area (Å²) in [7, 11) is 0. The van der Waals surface area contributed by atoms with Crippen LogP contribution in [0.25, 0.3) is 10.9 Å². The van der Waals surface area contributed by atoms with Crippen molar-refractivity contribution < 1.29 is 23.1 Å². The van der Waals surface area contributed by atoms with Gasteiger partial charge < -0.3 is 10.1 Å². The lowest BCUT2D eigenvalue weighted by Crippen LogP contribution is -2.25. The van der Waals surface area contributed by atoms with Crippen molar-refractivity contribution in [3.8, 4) is 0 Å². The van der Waals surface area contributed by atoms with Crippen molar-refractivity contribution in [1.29, 1.82) is 0 Å². The third-order valence-corrected chi connectivity index (χ3v) is 4.34. The normalized spacial score (nSPS) is 17.2. The molecule has 0 saturated carbocycles. The maximum atomic E-state index is 13.8. The van der Waals surface area contributed by atoms with Crippen LogP contribution in [0.5, 0.6) is 0 Å². The van der Waals surface area contributed by atoms with E-state index in [4.69, 9.17) is 5.11 Å². The second kappa shape index (κ2) is 4.25. The van der Waals surface area contributed by atoms with E-state index in [1.807, 2.05) is 0 Å². The largest absolute Gasteiger partial charge is 0.478 e. The number of hydrogen-bond acceptors (Lipinski definition) is 1. The number of aryl methyl sites for hydroxylation is 1. The van der Waals surface area contributed by atoms with Crippen LogP contribution < -0.4 is 0 Å². The Kier molecular flexibility index (Phi) is 2.86. The molecule has 0 unspecified atom stereocenters. The van der Waals surface area contributed by atoms with E-state index in [0.29, 0.717) is 11.3 Å². The molecule has 0 amide bonds. The predicted octanol–water partition coefficient (Wildman–Crippen LogP) is 3.89. The molecule has 1 aromatic heterocycles. The molecule has 1 aliphatic carbocycles. The minimum absolute atomic E-state index is 0.0210. The van der Waals surface area contributed by atoms with E-state index in [0.717, 1.165) is 6.07 Å². The number of fused-ring (bicyclic) bond motifs is 3. The van der Waals surface area contributed by atoms with Crippen LogP contribution in [-0.4, -0.2) is 22.0 Å². The van der Waals surface area contributed by atoms with Crippen LogP contribution in [0, 0.1) is 5.82 Å². The van der Waals surface area contributed by atoms with Gasteiger partial charge in [0.1, 0.15) is 5.82 Å². The van der Waals surface area contributed by atoms with Gasteiger partial charge >= 0.3 is 5.97 Å². The number of aromatic amines is 1. The van der Waals surface area contributed by atoms with E-state index in [1.165, 1.54) is 0 Å². The summed E-state index contributed by atoms with van der Waals surface area (Å²) in [5.74, 6) is -4.92. The number of carboxylic acids is 1. The molecular weight excluding hydrogens is 339 g/mol. The molecule has 1 aliphatic rings. The molecule has 0 atom stereocenters. The summed E-state index contributed by atoms with van der Waals surface area (Å²) in [5.41, 5.74) is 0.789.